The molecule has 1 amide bonds. The van der Waals surface area contributed by atoms with E-state index in [1.54, 1.807) is 7.11 Å². The van der Waals surface area contributed by atoms with Gasteiger partial charge in [0.1, 0.15) is 5.75 Å². The molecule has 0 aromatic heterocycles. The van der Waals surface area contributed by atoms with E-state index in [4.69, 9.17) is 9.84 Å². The normalized spacial score (nSPS) is 15.6. The number of carbonyl (C=O) groups excluding carboxylic acids is 1. The van der Waals surface area contributed by atoms with Gasteiger partial charge in [-0.25, -0.2) is 0 Å². The van der Waals surface area contributed by atoms with Crippen molar-refractivity contribution < 1.29 is 14.6 Å². The van der Waals surface area contributed by atoms with Gasteiger partial charge in [0.2, 0.25) is 5.91 Å². The lowest BCUT2D eigenvalue weighted by Crippen LogP contribution is -2.04. The van der Waals surface area contributed by atoms with Crippen molar-refractivity contribution in [1.29, 1.82) is 0 Å². The predicted octanol–water partition coefficient (Wildman–Crippen LogP) is 1.29. The summed E-state index contributed by atoms with van der Waals surface area (Å²) in [6.45, 7) is 2.02. The molecule has 0 spiro atoms. The summed E-state index contributed by atoms with van der Waals surface area (Å²) in [6.07, 6.45) is 0.387. The molecule has 1 aromatic carbocycles. The van der Waals surface area contributed by atoms with Crippen LogP contribution in [-0.4, -0.2) is 24.7 Å². The number of amides is 1. The van der Waals surface area contributed by atoms with Gasteiger partial charge < -0.3 is 15.2 Å². The van der Waals surface area contributed by atoms with E-state index in [9.17, 15) is 4.79 Å². The average molecular weight is 221 g/mol. The third-order valence-corrected chi connectivity index (χ3v) is 2.88. The summed E-state index contributed by atoms with van der Waals surface area (Å²) in [5, 5.41) is 11.9. The molecule has 0 saturated carbocycles. The first-order chi connectivity index (χ1) is 7.65. The Labute approximate surface area is 94.2 Å². The second-order valence-corrected chi connectivity index (χ2v) is 4.07. The van der Waals surface area contributed by atoms with Gasteiger partial charge in [-0.05, 0) is 17.2 Å². The zero-order valence-corrected chi connectivity index (χ0v) is 9.41. The van der Waals surface area contributed by atoms with Crippen LogP contribution >= 0.6 is 0 Å². The lowest BCUT2D eigenvalue weighted by Gasteiger charge is -2.13. The molecule has 1 atom stereocenters. The van der Waals surface area contributed by atoms with Crippen molar-refractivity contribution in [3.8, 4) is 5.75 Å². The first-order valence-corrected chi connectivity index (χ1v) is 5.27. The molecule has 4 nitrogen and oxygen atoms in total. The van der Waals surface area contributed by atoms with Crippen molar-refractivity contribution in [2.24, 2.45) is 0 Å². The molecule has 0 fully saturated rings. The van der Waals surface area contributed by atoms with Gasteiger partial charge in [-0.15, -0.1) is 0 Å². The van der Waals surface area contributed by atoms with Crippen LogP contribution in [0.1, 0.15) is 24.0 Å². The number of methoxy groups -OCH3 is 1. The number of hydrogen-bond acceptors (Lipinski definition) is 3. The van der Waals surface area contributed by atoms with Crippen LogP contribution in [0.2, 0.25) is 0 Å². The molecule has 2 N–H and O–H groups in total. The van der Waals surface area contributed by atoms with E-state index in [0.29, 0.717) is 12.2 Å². The number of ether oxygens (including phenoxy) is 1. The molecule has 2 rings (SSSR count). The Morgan fingerprint density at radius 2 is 2.31 bits per heavy atom. The quantitative estimate of drug-likeness (QED) is 0.808. The molecule has 16 heavy (non-hydrogen) atoms. The molecule has 1 aromatic rings. The molecule has 1 aliphatic heterocycles. The number of aliphatic hydroxyl groups is 1. The van der Waals surface area contributed by atoms with Gasteiger partial charge in [0.05, 0.1) is 19.2 Å². The molecule has 1 heterocycles. The number of rotatable bonds is 3. The van der Waals surface area contributed by atoms with Crippen molar-refractivity contribution in [1.82, 2.24) is 0 Å². The van der Waals surface area contributed by atoms with E-state index < -0.39 is 0 Å². The highest BCUT2D eigenvalue weighted by atomic mass is 16.5. The lowest BCUT2D eigenvalue weighted by molar-refractivity contribution is -0.115. The van der Waals surface area contributed by atoms with Gasteiger partial charge in [-0.3, -0.25) is 4.79 Å². The van der Waals surface area contributed by atoms with Gasteiger partial charge in [0.15, 0.2) is 0 Å². The van der Waals surface area contributed by atoms with Crippen LogP contribution in [0.3, 0.4) is 0 Å². The monoisotopic (exact) mass is 221 g/mol. The minimum absolute atomic E-state index is 0.0119. The van der Waals surface area contributed by atoms with Gasteiger partial charge in [-0.1, -0.05) is 13.0 Å². The predicted molar refractivity (Wildman–Crippen MR) is 60.8 cm³/mol. The molecule has 86 valence electrons. The van der Waals surface area contributed by atoms with E-state index in [0.717, 1.165) is 16.8 Å². The number of benzene rings is 1. The second-order valence-electron chi connectivity index (χ2n) is 4.07. The van der Waals surface area contributed by atoms with Crippen LogP contribution < -0.4 is 10.1 Å². The maximum Gasteiger partial charge on any atom is 0.228 e. The number of hydrogen-bond donors (Lipinski definition) is 2. The number of anilines is 1. The summed E-state index contributed by atoms with van der Waals surface area (Å²) in [5.41, 5.74) is 2.70. The molecule has 0 aliphatic carbocycles. The fourth-order valence-electron chi connectivity index (χ4n) is 1.89. The zero-order valence-electron chi connectivity index (χ0n) is 9.41. The number of aliphatic hydroxyl groups excluding tert-OH is 1. The minimum atomic E-state index is -0.0119. The molecular weight excluding hydrogens is 206 g/mol. The smallest absolute Gasteiger partial charge is 0.228 e. The van der Waals surface area contributed by atoms with Gasteiger partial charge in [0.25, 0.3) is 0 Å². The third kappa shape index (κ3) is 1.76. The minimum Gasteiger partial charge on any atom is -0.495 e. The van der Waals surface area contributed by atoms with E-state index in [-0.39, 0.29) is 18.4 Å². The van der Waals surface area contributed by atoms with E-state index in [2.05, 4.69) is 5.32 Å². The van der Waals surface area contributed by atoms with E-state index in [1.807, 2.05) is 19.1 Å². The maximum atomic E-state index is 11.3. The highest BCUT2D eigenvalue weighted by Gasteiger charge is 2.23. The molecule has 4 heteroatoms. The van der Waals surface area contributed by atoms with E-state index >= 15 is 0 Å². The molecule has 1 aliphatic rings. The number of nitrogens with one attached hydrogen (secondary N) is 1. The lowest BCUT2D eigenvalue weighted by atomic mass is 9.98. The maximum absolute atomic E-state index is 11.3. The summed E-state index contributed by atoms with van der Waals surface area (Å²) in [7, 11) is 1.58. The highest BCUT2D eigenvalue weighted by molar-refractivity contribution is 6.01. The largest absolute Gasteiger partial charge is 0.495 e. The van der Waals surface area contributed by atoms with E-state index in [1.165, 1.54) is 0 Å². The SMILES string of the molecule is COc1cc(C(C)CO)cc2c1NC(=O)C2. The Morgan fingerprint density at radius 3 is 2.94 bits per heavy atom. The molecule has 1 unspecified atom stereocenters. The van der Waals surface area contributed by atoms with Crippen molar-refractivity contribution in [2.75, 3.05) is 19.0 Å². The van der Waals surface area contributed by atoms with Crippen LogP contribution in [0.4, 0.5) is 5.69 Å². The Balaban J connectivity index is 2.46. The van der Waals surface area contributed by atoms with Crippen molar-refractivity contribution in [3.05, 3.63) is 23.3 Å². The van der Waals surface area contributed by atoms with Crippen LogP contribution in [0.5, 0.6) is 5.75 Å². The van der Waals surface area contributed by atoms with Crippen LogP contribution in [0.15, 0.2) is 12.1 Å². The number of carbonyl (C=O) groups is 1. The zero-order chi connectivity index (χ0) is 11.7. The Hall–Kier alpha value is -1.55. The fourth-order valence-corrected chi connectivity index (χ4v) is 1.89. The van der Waals surface area contributed by atoms with Crippen LogP contribution in [0.25, 0.3) is 0 Å². The first kappa shape index (κ1) is 11.0. The highest BCUT2D eigenvalue weighted by Crippen LogP contribution is 2.36. The second kappa shape index (κ2) is 4.14. The molecule has 0 bridgehead atoms. The summed E-state index contributed by atoms with van der Waals surface area (Å²) in [4.78, 5) is 11.3. The standard InChI is InChI=1S/C12H15NO3/c1-7(6-14)8-3-9-5-11(15)13-12(9)10(4-8)16-2/h3-4,7,14H,5-6H2,1-2H3,(H,13,15). The Morgan fingerprint density at radius 1 is 1.56 bits per heavy atom. The van der Waals surface area contributed by atoms with Crippen molar-refractivity contribution in [2.45, 2.75) is 19.3 Å². The molecule has 0 radical (unpaired) electrons. The molecular formula is C12H15NO3. The summed E-state index contributed by atoms with van der Waals surface area (Å²) in [6, 6.07) is 3.82. The third-order valence-electron chi connectivity index (χ3n) is 2.88. The van der Waals surface area contributed by atoms with Gasteiger partial charge >= 0.3 is 0 Å². The summed E-state index contributed by atoms with van der Waals surface area (Å²) < 4.78 is 5.24. The van der Waals surface area contributed by atoms with Crippen molar-refractivity contribution in [3.63, 3.8) is 0 Å². The topological polar surface area (TPSA) is 58.6 Å². The van der Waals surface area contributed by atoms with Crippen LogP contribution in [-0.2, 0) is 11.2 Å². The van der Waals surface area contributed by atoms with Crippen molar-refractivity contribution >= 4 is 11.6 Å². The van der Waals surface area contributed by atoms with Gasteiger partial charge in [0, 0.05) is 12.5 Å². The number of fused-ring (bicyclic) bond motifs is 1. The Bertz CT molecular complexity index is 429. The Kier molecular flexibility index (Phi) is 2.83. The first-order valence-electron chi connectivity index (χ1n) is 5.27. The van der Waals surface area contributed by atoms with Crippen LogP contribution in [0, 0.1) is 0 Å². The van der Waals surface area contributed by atoms with Gasteiger partial charge in [-0.2, -0.15) is 0 Å². The summed E-state index contributed by atoms with van der Waals surface area (Å²) in [5.74, 6) is 0.704. The molecule has 0 saturated heterocycles. The average Bonchev–Trinajstić information content (AvgIpc) is 2.66. The summed E-state index contributed by atoms with van der Waals surface area (Å²) >= 11 is 0. The fraction of sp³-hybridized carbons (Fsp3) is 0.417.